The third-order valence-electron chi connectivity index (χ3n) is 4.75. The van der Waals surface area contributed by atoms with Crippen LogP contribution in [-0.2, 0) is 6.42 Å². The lowest BCUT2D eigenvalue weighted by Crippen LogP contribution is -2.27. The SMILES string of the molecule is N#Cc1cccc(NC[C@H]2CN(C(=O)O)C[C@@H]2Cc2ccccc2)c1. The normalized spacial score (nSPS) is 19.4. The third kappa shape index (κ3) is 4.30. The quantitative estimate of drug-likeness (QED) is 0.877. The molecule has 2 N–H and O–H groups in total. The number of likely N-dealkylation sites (tertiary alicyclic amines) is 1. The van der Waals surface area contributed by atoms with Crippen LogP contribution in [0.2, 0.25) is 0 Å². The number of benzene rings is 2. The van der Waals surface area contributed by atoms with Crippen molar-refractivity contribution in [1.82, 2.24) is 4.90 Å². The Morgan fingerprint density at radius 1 is 1.16 bits per heavy atom. The number of nitriles is 1. The highest BCUT2D eigenvalue weighted by molar-refractivity contribution is 5.65. The molecule has 5 heteroatoms. The van der Waals surface area contributed by atoms with Crippen LogP contribution in [0.25, 0.3) is 0 Å². The van der Waals surface area contributed by atoms with Gasteiger partial charge in [0.25, 0.3) is 0 Å². The summed E-state index contributed by atoms with van der Waals surface area (Å²) < 4.78 is 0. The zero-order valence-electron chi connectivity index (χ0n) is 13.9. The highest BCUT2D eigenvalue weighted by atomic mass is 16.4. The molecule has 1 aliphatic rings. The number of nitrogens with one attached hydrogen (secondary N) is 1. The predicted octanol–water partition coefficient (Wildman–Crippen LogP) is 3.44. The van der Waals surface area contributed by atoms with E-state index in [1.54, 1.807) is 6.07 Å². The topological polar surface area (TPSA) is 76.4 Å². The Balaban J connectivity index is 1.67. The Kier molecular flexibility index (Phi) is 5.20. The van der Waals surface area contributed by atoms with Crippen LogP contribution in [0.4, 0.5) is 10.5 Å². The molecular weight excluding hydrogens is 314 g/mol. The first-order chi connectivity index (χ1) is 12.2. The van der Waals surface area contributed by atoms with E-state index < -0.39 is 6.09 Å². The van der Waals surface area contributed by atoms with Crippen LogP contribution in [0, 0.1) is 23.2 Å². The fourth-order valence-corrected chi connectivity index (χ4v) is 3.42. The molecule has 2 aromatic rings. The van der Waals surface area contributed by atoms with Crippen LogP contribution in [0.3, 0.4) is 0 Å². The molecule has 0 bridgehead atoms. The summed E-state index contributed by atoms with van der Waals surface area (Å²) >= 11 is 0. The van der Waals surface area contributed by atoms with E-state index in [2.05, 4.69) is 23.5 Å². The summed E-state index contributed by atoms with van der Waals surface area (Å²) in [5.74, 6) is 0.521. The van der Waals surface area contributed by atoms with Crippen LogP contribution >= 0.6 is 0 Å². The number of hydrogen-bond donors (Lipinski definition) is 2. The van der Waals surface area contributed by atoms with Crippen molar-refractivity contribution >= 4 is 11.8 Å². The molecule has 0 radical (unpaired) electrons. The number of rotatable bonds is 5. The molecule has 1 saturated heterocycles. The van der Waals surface area contributed by atoms with Gasteiger partial charge in [-0.2, -0.15) is 5.26 Å². The van der Waals surface area contributed by atoms with Crippen LogP contribution in [-0.4, -0.2) is 35.7 Å². The molecule has 1 amide bonds. The zero-order chi connectivity index (χ0) is 17.6. The molecule has 128 valence electrons. The summed E-state index contributed by atoms with van der Waals surface area (Å²) in [4.78, 5) is 12.9. The average Bonchev–Trinajstić information content (AvgIpc) is 3.04. The lowest BCUT2D eigenvalue weighted by atomic mass is 9.89. The zero-order valence-corrected chi connectivity index (χ0v) is 13.9. The molecule has 0 saturated carbocycles. The Hall–Kier alpha value is -3.00. The van der Waals surface area contributed by atoms with Gasteiger partial charge in [0.05, 0.1) is 11.6 Å². The van der Waals surface area contributed by atoms with Gasteiger partial charge in [-0.15, -0.1) is 0 Å². The van der Waals surface area contributed by atoms with Crippen molar-refractivity contribution in [2.45, 2.75) is 6.42 Å². The van der Waals surface area contributed by atoms with E-state index in [0.29, 0.717) is 25.2 Å². The van der Waals surface area contributed by atoms with E-state index >= 15 is 0 Å². The largest absolute Gasteiger partial charge is 0.465 e. The molecule has 1 heterocycles. The minimum atomic E-state index is -0.855. The maximum Gasteiger partial charge on any atom is 0.407 e. The van der Waals surface area contributed by atoms with Crippen molar-refractivity contribution in [2.75, 3.05) is 25.0 Å². The molecule has 0 aromatic heterocycles. The van der Waals surface area contributed by atoms with Crippen LogP contribution in [0.5, 0.6) is 0 Å². The standard InChI is InChI=1S/C20H21N3O2/c21-11-16-7-4-8-19(10-16)22-12-18-14-23(20(24)25)13-17(18)9-15-5-2-1-3-6-15/h1-8,10,17-18,22H,9,12-14H2,(H,24,25)/t17-,18-/m0/s1. The van der Waals surface area contributed by atoms with E-state index in [0.717, 1.165) is 12.1 Å². The van der Waals surface area contributed by atoms with Crippen molar-refractivity contribution < 1.29 is 9.90 Å². The smallest absolute Gasteiger partial charge is 0.407 e. The van der Waals surface area contributed by atoms with Gasteiger partial charge in [-0.3, -0.25) is 0 Å². The van der Waals surface area contributed by atoms with Gasteiger partial charge >= 0.3 is 6.09 Å². The van der Waals surface area contributed by atoms with Gasteiger partial charge in [0, 0.05) is 25.3 Å². The molecule has 1 aliphatic heterocycles. The first-order valence-corrected chi connectivity index (χ1v) is 8.41. The van der Waals surface area contributed by atoms with E-state index in [-0.39, 0.29) is 11.8 Å². The number of anilines is 1. The molecule has 0 aliphatic carbocycles. The summed E-state index contributed by atoms with van der Waals surface area (Å²) in [6.45, 7) is 1.79. The van der Waals surface area contributed by atoms with Crippen molar-refractivity contribution in [2.24, 2.45) is 11.8 Å². The van der Waals surface area contributed by atoms with Crippen LogP contribution in [0.1, 0.15) is 11.1 Å². The van der Waals surface area contributed by atoms with E-state index in [1.165, 1.54) is 10.5 Å². The Bertz CT molecular complexity index is 770. The summed E-state index contributed by atoms with van der Waals surface area (Å²) in [6.07, 6.45) is 0.0156. The highest BCUT2D eigenvalue weighted by Gasteiger charge is 2.34. The van der Waals surface area contributed by atoms with Gasteiger partial charge in [0.2, 0.25) is 0 Å². The Morgan fingerprint density at radius 3 is 2.64 bits per heavy atom. The van der Waals surface area contributed by atoms with E-state index in [9.17, 15) is 9.90 Å². The number of carbonyl (C=O) groups is 1. The first-order valence-electron chi connectivity index (χ1n) is 8.41. The summed E-state index contributed by atoms with van der Waals surface area (Å²) in [7, 11) is 0. The number of amides is 1. The molecule has 3 rings (SSSR count). The maximum atomic E-state index is 11.4. The lowest BCUT2D eigenvalue weighted by Gasteiger charge is -2.19. The summed E-state index contributed by atoms with van der Waals surface area (Å²) in [5, 5.41) is 21.7. The Labute approximate surface area is 147 Å². The predicted molar refractivity (Wildman–Crippen MR) is 96.4 cm³/mol. The summed E-state index contributed by atoms with van der Waals surface area (Å²) in [6, 6.07) is 19.7. The van der Waals surface area contributed by atoms with Gasteiger partial charge in [-0.1, -0.05) is 36.4 Å². The van der Waals surface area contributed by atoms with Crippen molar-refractivity contribution in [3.63, 3.8) is 0 Å². The number of carboxylic acid groups (broad SMARTS) is 1. The van der Waals surface area contributed by atoms with E-state index in [1.807, 2.05) is 36.4 Å². The minimum absolute atomic E-state index is 0.238. The van der Waals surface area contributed by atoms with Crippen molar-refractivity contribution in [3.8, 4) is 6.07 Å². The molecule has 0 unspecified atom stereocenters. The second kappa shape index (κ2) is 7.71. The monoisotopic (exact) mass is 335 g/mol. The third-order valence-corrected chi connectivity index (χ3v) is 4.75. The average molecular weight is 335 g/mol. The molecule has 2 aromatic carbocycles. The van der Waals surface area contributed by atoms with Gasteiger partial charge < -0.3 is 15.3 Å². The molecule has 2 atom stereocenters. The van der Waals surface area contributed by atoms with Gasteiger partial charge in [0.15, 0.2) is 0 Å². The highest BCUT2D eigenvalue weighted by Crippen LogP contribution is 2.27. The molecule has 1 fully saturated rings. The van der Waals surface area contributed by atoms with Crippen LogP contribution < -0.4 is 5.32 Å². The van der Waals surface area contributed by atoms with E-state index in [4.69, 9.17) is 5.26 Å². The number of nitrogens with zero attached hydrogens (tertiary/aromatic N) is 2. The van der Waals surface area contributed by atoms with Crippen molar-refractivity contribution in [1.29, 1.82) is 5.26 Å². The lowest BCUT2D eigenvalue weighted by molar-refractivity contribution is 0.153. The molecule has 25 heavy (non-hydrogen) atoms. The fourth-order valence-electron chi connectivity index (χ4n) is 3.42. The van der Waals surface area contributed by atoms with Gasteiger partial charge in [-0.25, -0.2) is 4.79 Å². The minimum Gasteiger partial charge on any atom is -0.465 e. The summed E-state index contributed by atoms with van der Waals surface area (Å²) in [5.41, 5.74) is 2.74. The molecular formula is C20H21N3O2. The second-order valence-electron chi connectivity index (χ2n) is 6.47. The van der Waals surface area contributed by atoms with Gasteiger partial charge in [0.1, 0.15) is 0 Å². The fraction of sp³-hybridized carbons (Fsp3) is 0.300. The molecule has 5 nitrogen and oxygen atoms in total. The number of hydrogen-bond acceptors (Lipinski definition) is 3. The van der Waals surface area contributed by atoms with Crippen molar-refractivity contribution in [3.05, 3.63) is 65.7 Å². The Morgan fingerprint density at radius 2 is 1.92 bits per heavy atom. The maximum absolute atomic E-state index is 11.4. The molecule has 0 spiro atoms. The van der Waals surface area contributed by atoms with Gasteiger partial charge in [-0.05, 0) is 42.0 Å². The van der Waals surface area contributed by atoms with Crippen LogP contribution in [0.15, 0.2) is 54.6 Å². The first kappa shape index (κ1) is 16.8. The second-order valence-corrected chi connectivity index (χ2v) is 6.47.